The van der Waals surface area contributed by atoms with Gasteiger partial charge in [0.1, 0.15) is 5.03 Å². The number of aliphatic imine (C=N–C) groups is 1. The molecule has 86 valence electrons. The molecule has 1 aromatic rings. The van der Waals surface area contributed by atoms with Crippen molar-refractivity contribution in [2.75, 3.05) is 6.26 Å². The molecule has 0 aliphatic carbocycles. The molecule has 0 amide bonds. The quantitative estimate of drug-likeness (QED) is 0.555. The van der Waals surface area contributed by atoms with Gasteiger partial charge in [-0.05, 0) is 39.2 Å². The summed E-state index contributed by atoms with van der Waals surface area (Å²) < 4.78 is 0. The number of thioether (sulfide) groups is 1. The second-order valence-corrected chi connectivity index (χ2v) is 5.68. The number of nitrogens with zero attached hydrogens (tertiary/aromatic N) is 1. The van der Waals surface area contributed by atoms with E-state index in [1.807, 2.05) is 26.2 Å². The van der Waals surface area contributed by atoms with Crippen molar-refractivity contribution in [2.24, 2.45) is 4.99 Å². The Labute approximate surface area is 106 Å². The zero-order chi connectivity index (χ0) is 12.1. The Bertz CT molecular complexity index is 435. The van der Waals surface area contributed by atoms with E-state index >= 15 is 0 Å². The number of allylic oxidation sites excluding steroid dienone is 2. The van der Waals surface area contributed by atoms with Crippen LogP contribution in [0.25, 0.3) is 5.57 Å². The summed E-state index contributed by atoms with van der Waals surface area (Å²) in [6, 6.07) is 4.26. The maximum absolute atomic E-state index is 4.55. The van der Waals surface area contributed by atoms with Crippen molar-refractivity contribution in [3.05, 3.63) is 39.6 Å². The lowest BCUT2D eigenvalue weighted by Crippen LogP contribution is -1.85. The lowest BCUT2D eigenvalue weighted by molar-refractivity contribution is 1.47. The molecule has 3 heteroatoms. The van der Waals surface area contributed by atoms with Crippen LogP contribution >= 0.6 is 23.1 Å². The lowest BCUT2D eigenvalue weighted by Gasteiger charge is -2.04. The van der Waals surface area contributed by atoms with Gasteiger partial charge in [0.05, 0.1) is 0 Å². The first kappa shape index (κ1) is 13.3. The van der Waals surface area contributed by atoms with Crippen LogP contribution in [0.3, 0.4) is 0 Å². The van der Waals surface area contributed by atoms with Gasteiger partial charge in [0.2, 0.25) is 0 Å². The van der Waals surface area contributed by atoms with Gasteiger partial charge in [0.15, 0.2) is 0 Å². The smallest absolute Gasteiger partial charge is 0.104 e. The minimum absolute atomic E-state index is 1.04. The average molecular weight is 251 g/mol. The van der Waals surface area contributed by atoms with Gasteiger partial charge in [-0.15, -0.1) is 23.1 Å². The predicted octanol–water partition coefficient (Wildman–Crippen LogP) is 4.75. The van der Waals surface area contributed by atoms with Crippen molar-refractivity contribution in [1.29, 1.82) is 0 Å². The Morgan fingerprint density at radius 2 is 2.12 bits per heavy atom. The van der Waals surface area contributed by atoms with Crippen molar-refractivity contribution in [1.82, 2.24) is 0 Å². The standard InChI is InChI=1S/C13H17NS2/c1-6-11(12-8-7-10(4)16-12)13(15-5)14-9(2)3/h6-8H,1H2,2-5H3. The van der Waals surface area contributed by atoms with Crippen LogP contribution in [0.2, 0.25) is 0 Å². The lowest BCUT2D eigenvalue weighted by atomic mass is 10.2. The van der Waals surface area contributed by atoms with Crippen LogP contribution in [-0.2, 0) is 0 Å². The molecule has 0 radical (unpaired) electrons. The van der Waals surface area contributed by atoms with Crippen LogP contribution in [0.4, 0.5) is 0 Å². The summed E-state index contributed by atoms with van der Waals surface area (Å²) in [5, 5.41) is 1.04. The number of rotatable bonds is 4. The fraction of sp³-hybridized carbons (Fsp3) is 0.308. The highest BCUT2D eigenvalue weighted by molar-refractivity contribution is 8.02. The summed E-state index contributed by atoms with van der Waals surface area (Å²) in [4.78, 5) is 7.10. The molecular weight excluding hydrogens is 234 g/mol. The van der Waals surface area contributed by atoms with Crippen molar-refractivity contribution >= 4 is 34.4 Å². The van der Waals surface area contributed by atoms with E-state index in [0.29, 0.717) is 0 Å². The topological polar surface area (TPSA) is 12.4 Å². The molecule has 0 unspecified atom stereocenters. The molecule has 0 aliphatic heterocycles. The average Bonchev–Trinajstić information content (AvgIpc) is 2.64. The normalized spacial score (nSPS) is 12.0. The van der Waals surface area contributed by atoms with Crippen LogP contribution in [-0.4, -0.2) is 12.0 Å². The number of aryl methyl sites for hydroxylation is 1. The Morgan fingerprint density at radius 3 is 2.50 bits per heavy atom. The van der Waals surface area contributed by atoms with Gasteiger partial charge in [-0.1, -0.05) is 12.7 Å². The summed E-state index contributed by atoms with van der Waals surface area (Å²) in [5.74, 6) is 0. The third-order valence-electron chi connectivity index (χ3n) is 1.96. The second kappa shape index (κ2) is 6.06. The van der Waals surface area contributed by atoms with Gasteiger partial charge in [-0.2, -0.15) is 0 Å². The van der Waals surface area contributed by atoms with E-state index < -0.39 is 0 Å². The first-order chi connectivity index (χ1) is 7.58. The van der Waals surface area contributed by atoms with Crippen molar-refractivity contribution in [3.8, 4) is 0 Å². The fourth-order valence-corrected chi connectivity index (χ4v) is 2.95. The largest absolute Gasteiger partial charge is 0.251 e. The van der Waals surface area contributed by atoms with Crippen LogP contribution < -0.4 is 0 Å². The SMILES string of the molecule is C=CC(=C(N=C(C)C)SC)c1ccc(C)s1. The van der Waals surface area contributed by atoms with E-state index in [2.05, 4.69) is 30.6 Å². The maximum atomic E-state index is 4.55. The minimum Gasteiger partial charge on any atom is -0.251 e. The molecule has 0 saturated carbocycles. The molecule has 1 rings (SSSR count). The molecule has 1 heterocycles. The van der Waals surface area contributed by atoms with E-state index in [9.17, 15) is 0 Å². The van der Waals surface area contributed by atoms with Crippen LogP contribution in [0.1, 0.15) is 23.6 Å². The highest BCUT2D eigenvalue weighted by atomic mass is 32.2. The molecule has 0 aliphatic rings. The van der Waals surface area contributed by atoms with Crippen molar-refractivity contribution < 1.29 is 0 Å². The number of hydrogen-bond acceptors (Lipinski definition) is 3. The minimum atomic E-state index is 1.04. The Hall–Kier alpha value is -0.800. The monoisotopic (exact) mass is 251 g/mol. The fourth-order valence-electron chi connectivity index (χ4n) is 1.29. The summed E-state index contributed by atoms with van der Waals surface area (Å²) >= 11 is 3.44. The molecule has 1 aromatic heterocycles. The zero-order valence-electron chi connectivity index (χ0n) is 10.2. The van der Waals surface area contributed by atoms with Gasteiger partial charge in [0, 0.05) is 21.0 Å². The van der Waals surface area contributed by atoms with Gasteiger partial charge in [0.25, 0.3) is 0 Å². The summed E-state index contributed by atoms with van der Waals surface area (Å²) in [6.45, 7) is 10.0. The van der Waals surface area contributed by atoms with E-state index in [-0.39, 0.29) is 0 Å². The number of thiophene rings is 1. The third kappa shape index (κ3) is 3.35. The van der Waals surface area contributed by atoms with Gasteiger partial charge < -0.3 is 0 Å². The highest BCUT2D eigenvalue weighted by Gasteiger charge is 2.07. The molecule has 0 spiro atoms. The van der Waals surface area contributed by atoms with E-state index in [4.69, 9.17) is 0 Å². The second-order valence-electron chi connectivity index (χ2n) is 3.60. The molecular formula is C13H17NS2. The molecule has 16 heavy (non-hydrogen) atoms. The molecule has 0 N–H and O–H groups in total. The summed E-state index contributed by atoms with van der Waals surface area (Å²) in [6.07, 6.45) is 3.94. The van der Waals surface area contributed by atoms with Crippen LogP contribution in [0.5, 0.6) is 0 Å². The molecule has 0 bridgehead atoms. The zero-order valence-corrected chi connectivity index (χ0v) is 11.8. The molecule has 0 fully saturated rings. The van der Waals surface area contributed by atoms with Gasteiger partial charge in [-0.3, -0.25) is 4.99 Å². The van der Waals surface area contributed by atoms with Crippen LogP contribution in [0.15, 0.2) is 34.8 Å². The Morgan fingerprint density at radius 1 is 1.44 bits per heavy atom. The van der Waals surface area contributed by atoms with Gasteiger partial charge >= 0.3 is 0 Å². The predicted molar refractivity (Wildman–Crippen MR) is 78.5 cm³/mol. The molecule has 0 saturated heterocycles. The van der Waals surface area contributed by atoms with Crippen molar-refractivity contribution in [2.45, 2.75) is 20.8 Å². The number of hydrogen-bond donors (Lipinski definition) is 0. The molecule has 1 nitrogen and oxygen atoms in total. The third-order valence-corrected chi connectivity index (χ3v) is 3.69. The first-order valence-corrected chi connectivity index (χ1v) is 7.12. The Kier molecular flexibility index (Phi) is 5.03. The molecule has 0 atom stereocenters. The molecule has 0 aromatic carbocycles. The maximum Gasteiger partial charge on any atom is 0.104 e. The highest BCUT2D eigenvalue weighted by Crippen LogP contribution is 2.31. The Balaban J connectivity index is 3.26. The first-order valence-electron chi connectivity index (χ1n) is 5.08. The van der Waals surface area contributed by atoms with Gasteiger partial charge in [-0.25, -0.2) is 0 Å². The van der Waals surface area contributed by atoms with Crippen molar-refractivity contribution in [3.63, 3.8) is 0 Å². The summed E-state index contributed by atoms with van der Waals surface area (Å²) in [7, 11) is 0. The van der Waals surface area contributed by atoms with E-state index in [1.54, 1.807) is 23.1 Å². The van der Waals surface area contributed by atoms with E-state index in [1.165, 1.54) is 9.75 Å². The van der Waals surface area contributed by atoms with Crippen LogP contribution in [0, 0.1) is 6.92 Å². The summed E-state index contributed by atoms with van der Waals surface area (Å²) in [5.41, 5.74) is 2.20. The van der Waals surface area contributed by atoms with E-state index in [0.717, 1.165) is 16.3 Å².